The van der Waals surface area contributed by atoms with Crippen molar-refractivity contribution in [2.24, 2.45) is 0 Å². The highest BCUT2D eigenvalue weighted by molar-refractivity contribution is 5.76. The van der Waals surface area contributed by atoms with Crippen molar-refractivity contribution in [2.45, 2.75) is 26.3 Å². The molecule has 1 unspecified atom stereocenters. The van der Waals surface area contributed by atoms with Gasteiger partial charge in [0.15, 0.2) is 0 Å². The Morgan fingerprint density at radius 3 is 2.38 bits per heavy atom. The highest BCUT2D eigenvalue weighted by Crippen LogP contribution is 2.11. The number of carboxylic acid groups (broad SMARTS) is 1. The molecule has 0 spiro atoms. The Labute approximate surface area is 94.3 Å². The minimum atomic E-state index is -1.02. The molecule has 0 fully saturated rings. The number of carbonyl (C=O) groups is 2. The van der Waals surface area contributed by atoms with Gasteiger partial charge in [-0.2, -0.15) is 0 Å². The van der Waals surface area contributed by atoms with Crippen LogP contribution in [0.2, 0.25) is 0 Å². The van der Waals surface area contributed by atoms with Crippen LogP contribution in [-0.2, 0) is 16.0 Å². The van der Waals surface area contributed by atoms with E-state index < -0.39 is 12.0 Å². The van der Waals surface area contributed by atoms with Gasteiger partial charge in [0.25, 0.3) is 0 Å². The zero-order valence-electron chi connectivity index (χ0n) is 9.36. The lowest BCUT2D eigenvalue weighted by Crippen LogP contribution is -2.37. The lowest BCUT2D eigenvalue weighted by atomic mass is 10.0. The number of rotatable bonds is 5. The topological polar surface area (TPSA) is 66.4 Å². The van der Waals surface area contributed by atoms with Crippen molar-refractivity contribution < 1.29 is 14.7 Å². The number of hydrogen-bond acceptors (Lipinski definition) is 2. The molecule has 16 heavy (non-hydrogen) atoms. The molecule has 4 heteroatoms. The third kappa shape index (κ3) is 3.38. The van der Waals surface area contributed by atoms with Crippen LogP contribution in [0, 0.1) is 13.8 Å². The van der Waals surface area contributed by atoms with E-state index in [0.717, 1.165) is 16.7 Å². The fraction of sp³-hybridized carbons (Fsp3) is 0.333. The minimum Gasteiger partial charge on any atom is -0.480 e. The third-order valence-corrected chi connectivity index (χ3v) is 2.29. The van der Waals surface area contributed by atoms with Crippen LogP contribution in [0.25, 0.3) is 0 Å². The van der Waals surface area contributed by atoms with Gasteiger partial charge in [0.1, 0.15) is 6.04 Å². The minimum absolute atomic E-state index is 0.302. The first-order valence-electron chi connectivity index (χ1n) is 5.02. The van der Waals surface area contributed by atoms with E-state index >= 15 is 0 Å². The molecule has 0 aliphatic rings. The van der Waals surface area contributed by atoms with Crippen molar-refractivity contribution in [3.05, 3.63) is 34.9 Å². The van der Waals surface area contributed by atoms with E-state index in [1.54, 1.807) is 0 Å². The van der Waals surface area contributed by atoms with E-state index in [2.05, 4.69) is 5.32 Å². The van der Waals surface area contributed by atoms with Gasteiger partial charge >= 0.3 is 5.97 Å². The second kappa shape index (κ2) is 5.30. The maximum atomic E-state index is 10.8. The first-order valence-corrected chi connectivity index (χ1v) is 5.02. The van der Waals surface area contributed by atoms with Gasteiger partial charge in [0, 0.05) is 6.42 Å². The normalized spacial score (nSPS) is 11.9. The molecule has 0 heterocycles. The summed E-state index contributed by atoms with van der Waals surface area (Å²) in [6.07, 6.45) is 0.720. The van der Waals surface area contributed by atoms with E-state index in [4.69, 9.17) is 5.11 Å². The molecule has 86 valence electrons. The molecule has 1 aromatic rings. The molecule has 0 aromatic heterocycles. The van der Waals surface area contributed by atoms with Crippen LogP contribution in [0.3, 0.4) is 0 Å². The van der Waals surface area contributed by atoms with Crippen molar-refractivity contribution in [3.8, 4) is 0 Å². The molecule has 1 amide bonds. The standard InChI is InChI=1S/C12H15NO3/c1-8-3-9(2)5-10(4-8)6-11(12(15)16)13-7-14/h3-5,7,11H,6H2,1-2H3,(H,13,14)(H,15,16). The van der Waals surface area contributed by atoms with Gasteiger partial charge in [-0.3, -0.25) is 4.79 Å². The Bertz CT molecular complexity index is 381. The van der Waals surface area contributed by atoms with Gasteiger partial charge < -0.3 is 10.4 Å². The third-order valence-electron chi connectivity index (χ3n) is 2.29. The average Bonchev–Trinajstić information content (AvgIpc) is 2.15. The van der Waals surface area contributed by atoms with E-state index in [1.165, 1.54) is 0 Å². The fourth-order valence-corrected chi connectivity index (χ4v) is 1.72. The van der Waals surface area contributed by atoms with Crippen molar-refractivity contribution in [3.63, 3.8) is 0 Å². The molecule has 0 bridgehead atoms. The zero-order valence-corrected chi connectivity index (χ0v) is 9.36. The number of amides is 1. The molecule has 0 radical (unpaired) electrons. The number of aliphatic carboxylic acids is 1. The van der Waals surface area contributed by atoms with Crippen LogP contribution >= 0.6 is 0 Å². The Morgan fingerprint density at radius 1 is 1.38 bits per heavy atom. The summed E-state index contributed by atoms with van der Waals surface area (Å²) in [6, 6.07) is 5.01. The first kappa shape index (κ1) is 12.2. The number of carboxylic acids is 1. The molecule has 4 nitrogen and oxygen atoms in total. The quantitative estimate of drug-likeness (QED) is 0.730. The zero-order chi connectivity index (χ0) is 12.1. The highest BCUT2D eigenvalue weighted by Gasteiger charge is 2.16. The molecule has 1 rings (SSSR count). The number of aryl methyl sites for hydroxylation is 2. The second-order valence-electron chi connectivity index (χ2n) is 3.88. The Kier molecular flexibility index (Phi) is 4.05. The maximum Gasteiger partial charge on any atom is 0.326 e. The second-order valence-corrected chi connectivity index (χ2v) is 3.88. The Balaban J connectivity index is 2.84. The van der Waals surface area contributed by atoms with Crippen LogP contribution in [0.5, 0.6) is 0 Å². The van der Waals surface area contributed by atoms with E-state index in [-0.39, 0.29) is 0 Å². The number of carbonyl (C=O) groups excluding carboxylic acids is 1. The van der Waals surface area contributed by atoms with Gasteiger partial charge in [-0.1, -0.05) is 29.3 Å². The smallest absolute Gasteiger partial charge is 0.326 e. The van der Waals surface area contributed by atoms with E-state index in [0.29, 0.717) is 12.8 Å². The van der Waals surface area contributed by atoms with E-state index in [9.17, 15) is 9.59 Å². The molecular formula is C12H15NO3. The lowest BCUT2D eigenvalue weighted by molar-refractivity contribution is -0.140. The first-order chi connectivity index (χ1) is 7.52. The maximum absolute atomic E-state index is 10.8. The van der Waals surface area contributed by atoms with Crippen molar-refractivity contribution in [1.29, 1.82) is 0 Å². The Hall–Kier alpha value is -1.84. The highest BCUT2D eigenvalue weighted by atomic mass is 16.4. The predicted octanol–water partition coefficient (Wildman–Crippen LogP) is 1.05. The van der Waals surface area contributed by atoms with Gasteiger partial charge in [-0.25, -0.2) is 4.79 Å². The van der Waals surface area contributed by atoms with Gasteiger partial charge in [-0.15, -0.1) is 0 Å². The lowest BCUT2D eigenvalue weighted by Gasteiger charge is -2.12. The summed E-state index contributed by atoms with van der Waals surface area (Å²) in [4.78, 5) is 21.1. The summed E-state index contributed by atoms with van der Waals surface area (Å²) >= 11 is 0. The summed E-state index contributed by atoms with van der Waals surface area (Å²) in [5.41, 5.74) is 3.09. The number of nitrogens with one attached hydrogen (secondary N) is 1. The van der Waals surface area contributed by atoms with Gasteiger partial charge in [0.05, 0.1) is 0 Å². The van der Waals surface area contributed by atoms with Crippen molar-refractivity contribution >= 4 is 12.4 Å². The largest absolute Gasteiger partial charge is 0.480 e. The molecule has 1 aromatic carbocycles. The summed E-state index contributed by atoms with van der Waals surface area (Å²) in [6.45, 7) is 3.92. The molecule has 0 aliphatic heterocycles. The molecule has 0 saturated carbocycles. The molecular weight excluding hydrogens is 206 g/mol. The van der Waals surface area contributed by atoms with Crippen molar-refractivity contribution in [1.82, 2.24) is 5.32 Å². The monoisotopic (exact) mass is 221 g/mol. The number of hydrogen-bond donors (Lipinski definition) is 2. The summed E-state index contributed by atoms with van der Waals surface area (Å²) in [5, 5.41) is 11.2. The Morgan fingerprint density at radius 2 is 1.94 bits per heavy atom. The molecule has 0 saturated heterocycles. The van der Waals surface area contributed by atoms with Crippen molar-refractivity contribution in [2.75, 3.05) is 0 Å². The van der Waals surface area contributed by atoms with Crippen LogP contribution in [0.1, 0.15) is 16.7 Å². The van der Waals surface area contributed by atoms with Gasteiger partial charge in [0.2, 0.25) is 6.41 Å². The summed E-state index contributed by atoms with van der Waals surface area (Å²) in [5.74, 6) is -1.02. The molecule has 0 aliphatic carbocycles. The van der Waals surface area contributed by atoms with Crippen LogP contribution < -0.4 is 5.32 Å². The van der Waals surface area contributed by atoms with E-state index in [1.807, 2.05) is 32.0 Å². The van der Waals surface area contributed by atoms with Crippen LogP contribution in [0.15, 0.2) is 18.2 Å². The average molecular weight is 221 g/mol. The SMILES string of the molecule is Cc1cc(C)cc(CC(NC=O)C(=O)O)c1. The summed E-state index contributed by atoms with van der Waals surface area (Å²) < 4.78 is 0. The van der Waals surface area contributed by atoms with Crippen LogP contribution in [0.4, 0.5) is 0 Å². The number of benzene rings is 1. The predicted molar refractivity (Wildman–Crippen MR) is 60.2 cm³/mol. The molecule has 1 atom stereocenters. The summed E-state index contributed by atoms with van der Waals surface area (Å²) in [7, 11) is 0. The fourth-order valence-electron chi connectivity index (χ4n) is 1.72. The van der Waals surface area contributed by atoms with Gasteiger partial charge in [-0.05, 0) is 19.4 Å². The molecule has 2 N–H and O–H groups in total. The van der Waals surface area contributed by atoms with Crippen LogP contribution in [-0.4, -0.2) is 23.5 Å².